The van der Waals surface area contributed by atoms with E-state index >= 15 is 0 Å². The number of nitrogens with one attached hydrogen (secondary N) is 1. The molecule has 1 rings (SSSR count). The smallest absolute Gasteiger partial charge is 0.267 e. The van der Waals surface area contributed by atoms with E-state index in [0.717, 1.165) is 19.3 Å². The van der Waals surface area contributed by atoms with Crippen molar-refractivity contribution in [3.63, 3.8) is 0 Å². The number of hydrogen-bond acceptors (Lipinski definition) is 2. The molecule has 0 aromatic heterocycles. The van der Waals surface area contributed by atoms with Crippen LogP contribution >= 0.6 is 11.6 Å². The molecule has 0 atom stereocenters. The molecule has 0 fully saturated rings. The van der Waals surface area contributed by atoms with E-state index in [2.05, 4.69) is 24.2 Å². The van der Waals surface area contributed by atoms with Crippen LogP contribution in [0.25, 0.3) is 0 Å². The van der Waals surface area contributed by atoms with Crippen LogP contribution < -0.4 is 5.43 Å². The van der Waals surface area contributed by atoms with Crippen molar-refractivity contribution in [3.8, 4) is 11.8 Å². The lowest BCUT2D eigenvalue weighted by molar-refractivity contribution is -0.132. The summed E-state index contributed by atoms with van der Waals surface area (Å²) in [5.41, 5.74) is 2.49. The summed E-state index contributed by atoms with van der Waals surface area (Å²) in [6, 6.07) is 6.49. The normalized spacial score (nSPS) is 10.5. The maximum atomic E-state index is 12.4. The molecule has 0 unspecified atom stereocenters. The summed E-state index contributed by atoms with van der Waals surface area (Å²) in [7, 11) is 0. The van der Waals surface area contributed by atoms with Gasteiger partial charge in [0.1, 0.15) is 0 Å². The number of hydrazine groups is 1. The van der Waals surface area contributed by atoms with Crippen LogP contribution in [0.3, 0.4) is 0 Å². The fourth-order valence-electron chi connectivity index (χ4n) is 1.95. The minimum absolute atomic E-state index is 0.372. The molecule has 4 nitrogen and oxygen atoms in total. The quantitative estimate of drug-likeness (QED) is 0.503. The molecule has 1 aromatic carbocycles. The summed E-state index contributed by atoms with van der Waals surface area (Å²) in [5.74, 6) is 4.71. The van der Waals surface area contributed by atoms with Gasteiger partial charge in [-0.15, -0.1) is 0 Å². The molecule has 0 spiro atoms. The zero-order valence-corrected chi connectivity index (χ0v) is 15.5. The zero-order chi connectivity index (χ0) is 18.2. The highest BCUT2D eigenvalue weighted by molar-refractivity contribution is 6.30. The highest BCUT2D eigenvalue weighted by atomic mass is 35.5. The monoisotopic (exact) mass is 348 g/mol. The Bertz CT molecular complexity index is 621. The van der Waals surface area contributed by atoms with E-state index in [4.69, 9.17) is 11.6 Å². The number of nitrogens with zero attached hydrogens (tertiary/aromatic N) is 1. The fourth-order valence-corrected chi connectivity index (χ4v) is 2.07. The second kappa shape index (κ2) is 9.34. The first kappa shape index (κ1) is 20.1. The first-order valence-corrected chi connectivity index (χ1v) is 8.53. The third-order valence-corrected chi connectivity index (χ3v) is 3.55. The van der Waals surface area contributed by atoms with E-state index in [-0.39, 0.29) is 5.91 Å². The van der Waals surface area contributed by atoms with Crippen LogP contribution in [0.15, 0.2) is 24.3 Å². The molecule has 0 saturated carbocycles. The molecule has 5 heteroatoms. The largest absolute Gasteiger partial charge is 0.317 e. The van der Waals surface area contributed by atoms with Gasteiger partial charge in [0.15, 0.2) is 0 Å². The summed E-state index contributed by atoms with van der Waals surface area (Å²) in [4.78, 5) is 24.7. The van der Waals surface area contributed by atoms with Crippen molar-refractivity contribution in [1.29, 1.82) is 0 Å². The number of unbranched alkanes of at least 4 members (excludes halogenated alkanes) is 3. The zero-order valence-electron chi connectivity index (χ0n) is 14.8. The van der Waals surface area contributed by atoms with Crippen LogP contribution in [0.4, 0.5) is 0 Å². The number of carbonyl (C=O) groups excluding carboxylic acids is 2. The van der Waals surface area contributed by atoms with Gasteiger partial charge in [0.25, 0.3) is 5.91 Å². The highest BCUT2D eigenvalue weighted by Gasteiger charge is 2.27. The number of rotatable bonds is 4. The Kier molecular flexibility index (Phi) is 7.81. The van der Waals surface area contributed by atoms with Crippen molar-refractivity contribution >= 4 is 23.4 Å². The van der Waals surface area contributed by atoms with Gasteiger partial charge in [-0.1, -0.05) is 37.3 Å². The Morgan fingerprint density at radius 1 is 1.17 bits per heavy atom. The predicted octanol–water partition coefficient (Wildman–Crippen LogP) is 4.20. The maximum Gasteiger partial charge on any atom is 0.317 e. The van der Waals surface area contributed by atoms with E-state index < -0.39 is 11.4 Å². The highest BCUT2D eigenvalue weighted by Crippen LogP contribution is 2.13. The van der Waals surface area contributed by atoms with Gasteiger partial charge in [-0.25, -0.2) is 5.01 Å². The van der Waals surface area contributed by atoms with E-state index in [1.807, 2.05) is 20.8 Å². The summed E-state index contributed by atoms with van der Waals surface area (Å²) >= 11 is 5.82. The standard InChI is InChI=1S/C19H25ClN2O2/c1-5-6-7-8-9-10-17(23)22(19(2,3)4)21-18(24)15-11-13-16(20)14-12-15/h11-14H,5-8H2,1-4H3,(H,21,24). The molecule has 130 valence electrons. The molecule has 0 bridgehead atoms. The summed E-state index contributed by atoms with van der Waals surface area (Å²) in [5, 5.41) is 1.82. The Hall–Kier alpha value is -1.99. The molecule has 0 saturated heterocycles. The molecular formula is C19H25ClN2O2. The average Bonchev–Trinajstić information content (AvgIpc) is 2.51. The first-order valence-electron chi connectivity index (χ1n) is 8.15. The molecule has 0 aliphatic rings. The Morgan fingerprint density at radius 2 is 1.79 bits per heavy atom. The van der Waals surface area contributed by atoms with Gasteiger partial charge >= 0.3 is 5.91 Å². The van der Waals surface area contributed by atoms with Gasteiger partial charge in [-0.2, -0.15) is 0 Å². The van der Waals surface area contributed by atoms with Gasteiger partial charge in [0, 0.05) is 17.0 Å². The number of benzene rings is 1. The number of amides is 2. The lowest BCUT2D eigenvalue weighted by atomic mass is 10.1. The molecule has 0 radical (unpaired) electrons. The Labute approximate surface area is 149 Å². The van der Waals surface area contributed by atoms with E-state index in [0.29, 0.717) is 17.0 Å². The third kappa shape index (κ3) is 6.64. The lowest BCUT2D eigenvalue weighted by Gasteiger charge is -2.33. The van der Waals surface area contributed by atoms with E-state index in [1.54, 1.807) is 24.3 Å². The van der Waals surface area contributed by atoms with Gasteiger partial charge in [-0.3, -0.25) is 15.0 Å². The SMILES string of the molecule is CCCCCC#CC(=O)N(NC(=O)c1ccc(Cl)cc1)C(C)(C)C. The molecular weight excluding hydrogens is 324 g/mol. The summed E-state index contributed by atoms with van der Waals surface area (Å²) < 4.78 is 0. The van der Waals surface area contributed by atoms with Gasteiger partial charge < -0.3 is 0 Å². The van der Waals surface area contributed by atoms with Crippen LogP contribution in [0, 0.1) is 11.8 Å². The minimum atomic E-state index is -0.586. The summed E-state index contributed by atoms with van der Waals surface area (Å²) in [6.07, 6.45) is 3.87. The second-order valence-electron chi connectivity index (χ2n) is 6.52. The lowest BCUT2D eigenvalue weighted by Crippen LogP contribution is -2.55. The van der Waals surface area contributed by atoms with Crippen LogP contribution in [-0.4, -0.2) is 22.4 Å². The van der Waals surface area contributed by atoms with Gasteiger partial charge in [0.2, 0.25) is 0 Å². The Morgan fingerprint density at radius 3 is 2.33 bits per heavy atom. The fraction of sp³-hybridized carbons (Fsp3) is 0.474. The van der Waals surface area contributed by atoms with Gasteiger partial charge in [0.05, 0.1) is 5.54 Å². The molecule has 0 aliphatic carbocycles. The van der Waals surface area contributed by atoms with E-state index in [1.165, 1.54) is 5.01 Å². The van der Waals surface area contributed by atoms with Crippen molar-refractivity contribution < 1.29 is 9.59 Å². The molecule has 1 aromatic rings. The van der Waals surface area contributed by atoms with Crippen molar-refractivity contribution in [3.05, 3.63) is 34.9 Å². The van der Waals surface area contributed by atoms with Gasteiger partial charge in [-0.05, 0) is 57.4 Å². The minimum Gasteiger partial charge on any atom is -0.267 e. The second-order valence-corrected chi connectivity index (χ2v) is 6.95. The van der Waals surface area contributed by atoms with Crippen molar-refractivity contribution in [2.75, 3.05) is 0 Å². The van der Waals surface area contributed by atoms with Crippen LogP contribution in [0.1, 0.15) is 63.7 Å². The van der Waals surface area contributed by atoms with Crippen molar-refractivity contribution in [2.24, 2.45) is 0 Å². The topological polar surface area (TPSA) is 49.4 Å². The van der Waals surface area contributed by atoms with E-state index in [9.17, 15) is 9.59 Å². The molecule has 1 N–H and O–H groups in total. The number of halogens is 1. The molecule has 0 heterocycles. The first-order chi connectivity index (χ1) is 11.3. The van der Waals surface area contributed by atoms with Crippen LogP contribution in [0.5, 0.6) is 0 Å². The molecule has 24 heavy (non-hydrogen) atoms. The van der Waals surface area contributed by atoms with Crippen LogP contribution in [0.2, 0.25) is 5.02 Å². The van der Waals surface area contributed by atoms with Crippen molar-refractivity contribution in [2.45, 2.75) is 58.9 Å². The number of carbonyl (C=O) groups is 2. The third-order valence-electron chi connectivity index (χ3n) is 3.29. The van der Waals surface area contributed by atoms with Crippen molar-refractivity contribution in [1.82, 2.24) is 10.4 Å². The predicted molar refractivity (Wildman–Crippen MR) is 97.4 cm³/mol. The summed E-state index contributed by atoms with van der Waals surface area (Å²) in [6.45, 7) is 7.63. The number of hydrogen-bond donors (Lipinski definition) is 1. The maximum absolute atomic E-state index is 12.4. The molecule has 2 amide bonds. The average molecular weight is 349 g/mol. The Balaban J connectivity index is 2.80. The van der Waals surface area contributed by atoms with Crippen LogP contribution in [-0.2, 0) is 4.79 Å². The molecule has 0 aliphatic heterocycles.